The van der Waals surface area contributed by atoms with Crippen LogP contribution in [0, 0.1) is 23.2 Å². The molecule has 0 bridgehead atoms. The average Bonchev–Trinajstić information content (AvgIpc) is 2.44. The van der Waals surface area contributed by atoms with Gasteiger partial charge in [0.15, 0.2) is 0 Å². The minimum Gasteiger partial charge on any atom is -0.481 e. The summed E-state index contributed by atoms with van der Waals surface area (Å²) in [6.45, 7) is 7.42. The van der Waals surface area contributed by atoms with Crippen molar-refractivity contribution in [1.29, 1.82) is 0 Å². The van der Waals surface area contributed by atoms with E-state index >= 15 is 0 Å². The van der Waals surface area contributed by atoms with Crippen molar-refractivity contribution >= 4 is 11.9 Å². The van der Waals surface area contributed by atoms with Gasteiger partial charge in [0.05, 0.1) is 5.92 Å². The fraction of sp³-hybridized carbons (Fsp3) is 0.875. The van der Waals surface area contributed by atoms with Crippen LogP contribution >= 0.6 is 0 Å². The number of nitrogens with two attached hydrogens (primary N) is 1. The van der Waals surface area contributed by atoms with Crippen LogP contribution in [-0.2, 0) is 9.59 Å². The summed E-state index contributed by atoms with van der Waals surface area (Å²) in [7, 11) is 0. The van der Waals surface area contributed by atoms with Crippen LogP contribution in [0.3, 0.4) is 0 Å². The molecule has 4 unspecified atom stereocenters. The Morgan fingerprint density at radius 3 is 2.52 bits per heavy atom. The Balaban J connectivity index is 2.10. The number of hydrogen-bond acceptors (Lipinski definition) is 3. The van der Waals surface area contributed by atoms with Gasteiger partial charge in [-0.05, 0) is 37.0 Å². The van der Waals surface area contributed by atoms with Gasteiger partial charge in [-0.15, -0.1) is 0 Å². The van der Waals surface area contributed by atoms with Crippen molar-refractivity contribution in [2.75, 3.05) is 13.1 Å². The summed E-state index contributed by atoms with van der Waals surface area (Å²) in [5, 5.41) is 9.17. The molecule has 4 atom stereocenters. The smallest absolute Gasteiger partial charge is 0.308 e. The molecule has 0 aromatic heterocycles. The van der Waals surface area contributed by atoms with Gasteiger partial charge in [0.2, 0.25) is 5.91 Å². The Kier molecular flexibility index (Phi) is 4.61. The van der Waals surface area contributed by atoms with E-state index < -0.39 is 11.9 Å². The molecule has 0 aromatic carbocycles. The lowest BCUT2D eigenvalue weighted by Gasteiger charge is -2.48. The van der Waals surface area contributed by atoms with Crippen molar-refractivity contribution < 1.29 is 14.7 Å². The third kappa shape index (κ3) is 3.07. The molecule has 5 nitrogen and oxygen atoms in total. The largest absolute Gasteiger partial charge is 0.481 e. The summed E-state index contributed by atoms with van der Waals surface area (Å²) in [5.74, 6) is -0.815. The van der Waals surface area contributed by atoms with Crippen LogP contribution < -0.4 is 5.73 Å². The number of carbonyl (C=O) groups excluding carboxylic acids is 1. The Labute approximate surface area is 126 Å². The lowest BCUT2D eigenvalue weighted by atomic mass is 9.60. The van der Waals surface area contributed by atoms with E-state index in [-0.39, 0.29) is 23.3 Å². The molecule has 2 fully saturated rings. The summed E-state index contributed by atoms with van der Waals surface area (Å²) >= 11 is 0. The monoisotopic (exact) mass is 296 g/mol. The zero-order valence-electron chi connectivity index (χ0n) is 13.3. The fourth-order valence-electron chi connectivity index (χ4n) is 3.89. The summed E-state index contributed by atoms with van der Waals surface area (Å²) in [6.07, 6.45) is 3.14. The van der Waals surface area contributed by atoms with Gasteiger partial charge in [0, 0.05) is 25.0 Å². The van der Waals surface area contributed by atoms with Crippen molar-refractivity contribution in [1.82, 2.24) is 4.90 Å². The maximum absolute atomic E-state index is 12.9. The fourth-order valence-corrected chi connectivity index (χ4v) is 3.89. The Morgan fingerprint density at radius 1 is 1.24 bits per heavy atom. The van der Waals surface area contributed by atoms with E-state index in [4.69, 9.17) is 5.73 Å². The van der Waals surface area contributed by atoms with Crippen LogP contribution in [0.25, 0.3) is 0 Å². The summed E-state index contributed by atoms with van der Waals surface area (Å²) < 4.78 is 0. The highest BCUT2D eigenvalue weighted by atomic mass is 16.4. The van der Waals surface area contributed by atoms with E-state index in [0.717, 1.165) is 19.3 Å². The topological polar surface area (TPSA) is 83.6 Å². The second-order valence-corrected chi connectivity index (χ2v) is 7.37. The first-order valence-electron chi connectivity index (χ1n) is 8.02. The van der Waals surface area contributed by atoms with Crippen LogP contribution in [0.4, 0.5) is 0 Å². The van der Waals surface area contributed by atoms with Crippen LogP contribution in [0.5, 0.6) is 0 Å². The SMILES string of the molecule is CC1C(N)CCC(C(=O)N2CCCC(C(=O)O)C2)C1(C)C. The molecule has 3 N–H and O–H groups in total. The summed E-state index contributed by atoms with van der Waals surface area (Å²) in [6, 6.07) is 0.150. The average molecular weight is 296 g/mol. The van der Waals surface area contributed by atoms with Crippen LogP contribution in [0.1, 0.15) is 46.5 Å². The van der Waals surface area contributed by atoms with E-state index in [0.29, 0.717) is 25.4 Å². The first kappa shape index (κ1) is 16.3. The molecular weight excluding hydrogens is 268 g/mol. The van der Waals surface area contributed by atoms with Gasteiger partial charge >= 0.3 is 5.97 Å². The Bertz CT molecular complexity index is 422. The lowest BCUT2D eigenvalue weighted by Crippen LogP contribution is -2.54. The molecular formula is C16H28N2O3. The molecule has 2 aliphatic rings. The number of rotatable bonds is 2. The standard InChI is InChI=1S/C16H28N2O3/c1-10-13(17)7-6-12(16(10,2)3)14(19)18-8-4-5-11(9-18)15(20)21/h10-13H,4-9,17H2,1-3H3,(H,20,21). The molecule has 0 aromatic rings. The molecule has 1 amide bonds. The van der Waals surface area contributed by atoms with Crippen molar-refractivity contribution in [2.45, 2.75) is 52.5 Å². The molecule has 1 saturated heterocycles. The Morgan fingerprint density at radius 2 is 1.90 bits per heavy atom. The lowest BCUT2D eigenvalue weighted by molar-refractivity contribution is -0.150. The number of likely N-dealkylation sites (tertiary alicyclic amines) is 1. The van der Waals surface area contributed by atoms with Crippen LogP contribution in [0.15, 0.2) is 0 Å². The first-order chi connectivity index (χ1) is 9.75. The van der Waals surface area contributed by atoms with E-state index in [1.807, 2.05) is 0 Å². The molecule has 1 heterocycles. The van der Waals surface area contributed by atoms with Gasteiger partial charge in [-0.1, -0.05) is 20.8 Å². The van der Waals surface area contributed by atoms with Crippen molar-refractivity contribution in [3.8, 4) is 0 Å². The quantitative estimate of drug-likeness (QED) is 0.812. The number of nitrogens with zero attached hydrogens (tertiary/aromatic N) is 1. The summed E-state index contributed by atoms with van der Waals surface area (Å²) in [5.41, 5.74) is 6.02. The molecule has 2 rings (SSSR count). The normalized spacial score (nSPS) is 36.3. The van der Waals surface area contributed by atoms with E-state index in [1.54, 1.807) is 4.90 Å². The highest BCUT2D eigenvalue weighted by Crippen LogP contribution is 2.45. The summed E-state index contributed by atoms with van der Waals surface area (Å²) in [4.78, 5) is 25.8. The number of carboxylic acids is 1. The predicted molar refractivity (Wildman–Crippen MR) is 80.6 cm³/mol. The van der Waals surface area contributed by atoms with Gasteiger partial charge in [0.25, 0.3) is 0 Å². The molecule has 1 aliphatic carbocycles. The molecule has 21 heavy (non-hydrogen) atoms. The number of piperidine rings is 1. The zero-order valence-corrected chi connectivity index (χ0v) is 13.3. The van der Waals surface area contributed by atoms with Crippen LogP contribution in [0.2, 0.25) is 0 Å². The van der Waals surface area contributed by atoms with Gasteiger partial charge in [0.1, 0.15) is 0 Å². The van der Waals surface area contributed by atoms with Crippen molar-refractivity contribution in [3.63, 3.8) is 0 Å². The van der Waals surface area contributed by atoms with Gasteiger partial charge in [-0.2, -0.15) is 0 Å². The molecule has 120 valence electrons. The van der Waals surface area contributed by atoms with Crippen LogP contribution in [-0.4, -0.2) is 41.0 Å². The second kappa shape index (κ2) is 5.95. The van der Waals surface area contributed by atoms with E-state index in [2.05, 4.69) is 20.8 Å². The maximum atomic E-state index is 12.9. The highest BCUT2D eigenvalue weighted by Gasteiger charge is 2.46. The van der Waals surface area contributed by atoms with Gasteiger partial charge in [-0.3, -0.25) is 9.59 Å². The minimum atomic E-state index is -0.786. The molecule has 1 saturated carbocycles. The molecule has 0 radical (unpaired) electrons. The second-order valence-electron chi connectivity index (χ2n) is 7.37. The number of carbonyl (C=O) groups is 2. The van der Waals surface area contributed by atoms with Crippen molar-refractivity contribution in [3.05, 3.63) is 0 Å². The first-order valence-corrected chi connectivity index (χ1v) is 8.02. The van der Waals surface area contributed by atoms with E-state index in [1.165, 1.54) is 0 Å². The predicted octanol–water partition coefficient (Wildman–Crippen LogP) is 1.71. The number of amides is 1. The number of carboxylic acid groups (broad SMARTS) is 1. The Hall–Kier alpha value is -1.10. The van der Waals surface area contributed by atoms with Gasteiger partial charge in [-0.25, -0.2) is 0 Å². The van der Waals surface area contributed by atoms with E-state index in [9.17, 15) is 14.7 Å². The minimum absolute atomic E-state index is 0.0418. The van der Waals surface area contributed by atoms with Crippen molar-refractivity contribution in [2.24, 2.45) is 28.9 Å². The number of hydrogen-bond donors (Lipinski definition) is 2. The highest BCUT2D eigenvalue weighted by molar-refractivity contribution is 5.81. The third-order valence-corrected chi connectivity index (χ3v) is 5.88. The molecule has 1 aliphatic heterocycles. The molecule has 5 heteroatoms. The molecule has 0 spiro atoms. The zero-order chi connectivity index (χ0) is 15.8. The third-order valence-electron chi connectivity index (χ3n) is 5.88. The van der Waals surface area contributed by atoms with Gasteiger partial charge < -0.3 is 15.7 Å². The maximum Gasteiger partial charge on any atom is 0.308 e. The number of aliphatic carboxylic acids is 1.